The van der Waals surface area contributed by atoms with Crippen molar-refractivity contribution in [2.45, 2.75) is 6.04 Å². The summed E-state index contributed by atoms with van der Waals surface area (Å²) in [7, 11) is 1.56. The Morgan fingerprint density at radius 3 is 2.62 bits per heavy atom. The SMILES string of the molecule is COc1ccc2nc(N3C(=O)C(=O)C(=C(O)c4ccc(F)cc4)C3c3cccs3)sc2c1. The molecule has 0 aliphatic carbocycles. The first-order valence-corrected chi connectivity index (χ1v) is 11.2. The molecule has 0 radical (unpaired) electrons. The topological polar surface area (TPSA) is 79.7 Å². The standard InChI is InChI=1S/C23H15FN2O4S2/c1-30-14-8-9-15-17(11-14)32-23(25-15)26-19(16-3-2-10-31-16)18(21(28)22(26)29)20(27)12-4-6-13(24)7-5-12/h2-11,19,27H,1H3. The molecule has 1 aliphatic rings. The molecule has 1 atom stereocenters. The molecule has 5 rings (SSSR count). The van der Waals surface area contributed by atoms with Crippen LogP contribution in [0.1, 0.15) is 16.5 Å². The number of hydrogen-bond acceptors (Lipinski definition) is 7. The van der Waals surface area contributed by atoms with Gasteiger partial charge >= 0.3 is 5.91 Å². The van der Waals surface area contributed by atoms with E-state index in [1.807, 2.05) is 11.4 Å². The number of thiazole rings is 1. The van der Waals surface area contributed by atoms with Crippen LogP contribution >= 0.6 is 22.7 Å². The third kappa shape index (κ3) is 3.26. The average molecular weight is 467 g/mol. The van der Waals surface area contributed by atoms with Crippen molar-refractivity contribution < 1.29 is 23.8 Å². The van der Waals surface area contributed by atoms with E-state index < -0.39 is 23.5 Å². The van der Waals surface area contributed by atoms with Crippen LogP contribution in [0, 0.1) is 5.82 Å². The second-order valence-electron chi connectivity index (χ2n) is 7.02. The molecule has 4 aromatic rings. The van der Waals surface area contributed by atoms with Crippen molar-refractivity contribution in [3.63, 3.8) is 0 Å². The highest BCUT2D eigenvalue weighted by Crippen LogP contribution is 2.45. The van der Waals surface area contributed by atoms with Crippen LogP contribution in [-0.2, 0) is 9.59 Å². The molecular weight excluding hydrogens is 451 g/mol. The van der Waals surface area contributed by atoms with E-state index in [0.717, 1.165) is 4.70 Å². The van der Waals surface area contributed by atoms with Gasteiger partial charge in [-0.1, -0.05) is 17.4 Å². The van der Waals surface area contributed by atoms with E-state index in [9.17, 15) is 19.1 Å². The van der Waals surface area contributed by atoms with Crippen LogP contribution in [0.5, 0.6) is 5.75 Å². The molecule has 9 heteroatoms. The molecule has 1 saturated heterocycles. The number of aliphatic hydroxyl groups excluding tert-OH is 1. The Kier molecular flexibility index (Phi) is 4.99. The monoisotopic (exact) mass is 466 g/mol. The van der Waals surface area contributed by atoms with Crippen LogP contribution in [0.4, 0.5) is 9.52 Å². The van der Waals surface area contributed by atoms with Gasteiger partial charge in [-0.05, 0) is 53.9 Å². The fourth-order valence-electron chi connectivity index (χ4n) is 3.63. The number of thiophene rings is 1. The van der Waals surface area contributed by atoms with Gasteiger partial charge < -0.3 is 9.84 Å². The van der Waals surface area contributed by atoms with E-state index in [0.29, 0.717) is 21.3 Å². The van der Waals surface area contributed by atoms with Crippen LogP contribution in [-0.4, -0.2) is 28.9 Å². The molecule has 3 heterocycles. The first-order valence-electron chi connectivity index (χ1n) is 9.53. The van der Waals surface area contributed by atoms with Crippen LogP contribution in [0.2, 0.25) is 0 Å². The highest BCUT2D eigenvalue weighted by atomic mass is 32.1. The fourth-order valence-corrected chi connectivity index (χ4v) is 5.48. The molecule has 1 fully saturated rings. The van der Waals surface area contributed by atoms with Crippen molar-refractivity contribution >= 4 is 55.5 Å². The van der Waals surface area contributed by atoms with E-state index in [1.165, 1.54) is 51.8 Å². The number of carbonyl (C=O) groups is 2. The van der Waals surface area contributed by atoms with E-state index in [-0.39, 0.29) is 16.9 Å². The molecule has 0 spiro atoms. The van der Waals surface area contributed by atoms with Crippen molar-refractivity contribution in [1.29, 1.82) is 0 Å². The molecule has 2 aromatic carbocycles. The smallest absolute Gasteiger partial charge is 0.301 e. The summed E-state index contributed by atoms with van der Waals surface area (Å²) >= 11 is 2.61. The number of amides is 1. The lowest BCUT2D eigenvalue weighted by molar-refractivity contribution is -0.132. The van der Waals surface area contributed by atoms with Crippen molar-refractivity contribution in [2.24, 2.45) is 0 Å². The van der Waals surface area contributed by atoms with Gasteiger partial charge in [0.15, 0.2) is 5.13 Å². The fraction of sp³-hybridized carbons (Fsp3) is 0.0870. The number of ether oxygens (including phenoxy) is 1. The molecular formula is C23H15FN2O4S2. The first-order chi connectivity index (χ1) is 15.5. The minimum Gasteiger partial charge on any atom is -0.507 e. The summed E-state index contributed by atoms with van der Waals surface area (Å²) in [5.41, 5.74) is 0.858. The zero-order chi connectivity index (χ0) is 22.4. The Bertz CT molecular complexity index is 1380. The number of rotatable bonds is 4. The molecule has 1 unspecified atom stereocenters. The van der Waals surface area contributed by atoms with Crippen LogP contribution in [0.25, 0.3) is 16.0 Å². The molecule has 6 nitrogen and oxygen atoms in total. The van der Waals surface area contributed by atoms with E-state index >= 15 is 0 Å². The summed E-state index contributed by atoms with van der Waals surface area (Å²) in [6.45, 7) is 0. The lowest BCUT2D eigenvalue weighted by Crippen LogP contribution is -2.28. The summed E-state index contributed by atoms with van der Waals surface area (Å²) in [5.74, 6) is -1.77. The number of aromatic nitrogens is 1. The van der Waals surface area contributed by atoms with Gasteiger partial charge in [-0.2, -0.15) is 0 Å². The molecule has 1 aliphatic heterocycles. The van der Waals surface area contributed by atoms with Gasteiger partial charge in [-0.25, -0.2) is 9.37 Å². The van der Waals surface area contributed by atoms with Gasteiger partial charge in [0.1, 0.15) is 23.4 Å². The summed E-state index contributed by atoms with van der Waals surface area (Å²) in [4.78, 5) is 32.8. The largest absolute Gasteiger partial charge is 0.507 e. The quantitative estimate of drug-likeness (QED) is 0.256. The molecule has 0 saturated carbocycles. The maximum absolute atomic E-state index is 13.4. The van der Waals surface area contributed by atoms with E-state index in [2.05, 4.69) is 4.98 Å². The van der Waals surface area contributed by atoms with Crippen molar-refractivity contribution in [1.82, 2.24) is 4.98 Å². The van der Waals surface area contributed by atoms with Gasteiger partial charge in [0.05, 0.1) is 22.9 Å². The number of hydrogen-bond donors (Lipinski definition) is 1. The number of fused-ring (bicyclic) bond motifs is 1. The minimum absolute atomic E-state index is 0.0547. The Hall–Kier alpha value is -3.56. The van der Waals surface area contributed by atoms with Gasteiger partial charge in [0.25, 0.3) is 5.78 Å². The lowest BCUT2D eigenvalue weighted by atomic mass is 10.00. The Morgan fingerprint density at radius 2 is 1.94 bits per heavy atom. The van der Waals surface area contributed by atoms with Crippen molar-refractivity contribution in [3.8, 4) is 5.75 Å². The normalized spacial score (nSPS) is 17.9. The number of aliphatic hydroxyl groups is 1. The Labute approximate surface area is 189 Å². The number of nitrogens with zero attached hydrogens (tertiary/aromatic N) is 2. The van der Waals surface area contributed by atoms with Gasteiger partial charge in [0, 0.05) is 10.4 Å². The summed E-state index contributed by atoms with van der Waals surface area (Å²) < 4.78 is 19.4. The van der Waals surface area contributed by atoms with Gasteiger partial charge in [-0.3, -0.25) is 14.5 Å². The van der Waals surface area contributed by atoms with Crippen LogP contribution < -0.4 is 9.64 Å². The molecule has 160 valence electrons. The number of ketones is 1. The molecule has 1 N–H and O–H groups in total. The number of methoxy groups -OCH3 is 1. The molecule has 1 amide bonds. The van der Waals surface area contributed by atoms with Gasteiger partial charge in [0.2, 0.25) is 0 Å². The molecule has 2 aromatic heterocycles. The Balaban J connectivity index is 1.69. The zero-order valence-electron chi connectivity index (χ0n) is 16.6. The van der Waals surface area contributed by atoms with E-state index in [1.54, 1.807) is 31.4 Å². The second-order valence-corrected chi connectivity index (χ2v) is 9.01. The molecule has 32 heavy (non-hydrogen) atoms. The highest BCUT2D eigenvalue weighted by molar-refractivity contribution is 7.22. The number of carbonyl (C=O) groups excluding carboxylic acids is 2. The zero-order valence-corrected chi connectivity index (χ0v) is 18.2. The third-order valence-electron chi connectivity index (χ3n) is 5.17. The van der Waals surface area contributed by atoms with Gasteiger partial charge in [-0.15, -0.1) is 11.3 Å². The first kappa shape index (κ1) is 20.3. The van der Waals surface area contributed by atoms with E-state index in [4.69, 9.17) is 4.74 Å². The Morgan fingerprint density at radius 1 is 1.16 bits per heavy atom. The predicted molar refractivity (Wildman–Crippen MR) is 122 cm³/mol. The summed E-state index contributed by atoms with van der Waals surface area (Å²) in [6.07, 6.45) is 0. The molecule has 0 bridgehead atoms. The van der Waals surface area contributed by atoms with Crippen LogP contribution in [0.15, 0.2) is 65.6 Å². The number of halogens is 1. The maximum Gasteiger partial charge on any atom is 0.301 e. The number of benzene rings is 2. The lowest BCUT2D eigenvalue weighted by Gasteiger charge is -2.21. The second kappa shape index (κ2) is 7.85. The van der Waals surface area contributed by atoms with Crippen molar-refractivity contribution in [2.75, 3.05) is 12.0 Å². The summed E-state index contributed by atoms with van der Waals surface area (Å²) in [6, 6.07) is 13.2. The summed E-state index contributed by atoms with van der Waals surface area (Å²) in [5, 5.41) is 13.1. The predicted octanol–water partition coefficient (Wildman–Crippen LogP) is 5.13. The number of anilines is 1. The third-order valence-corrected chi connectivity index (χ3v) is 7.11. The van der Waals surface area contributed by atoms with Crippen molar-refractivity contribution in [3.05, 3.63) is 81.8 Å². The maximum atomic E-state index is 13.4. The number of Topliss-reactive ketones (excluding diaryl/α,β-unsaturated/α-hetero) is 1. The van der Waals surface area contributed by atoms with Crippen LogP contribution in [0.3, 0.4) is 0 Å². The average Bonchev–Trinajstić information content (AvgIpc) is 3.52. The highest BCUT2D eigenvalue weighted by Gasteiger charge is 2.48. The minimum atomic E-state index is -0.845.